The van der Waals surface area contributed by atoms with Crippen LogP contribution in [-0.2, 0) is 11.2 Å². The Kier molecular flexibility index (Phi) is 6.03. The molecule has 146 valence electrons. The van der Waals surface area contributed by atoms with Crippen LogP contribution in [0.3, 0.4) is 0 Å². The highest BCUT2D eigenvalue weighted by atomic mass is 19.1. The molecule has 1 heterocycles. The SMILES string of the molecule is O=C(O)c1ccccc1C(=O)NC1CCN(C(=O)Cc2ccc(F)cc2)CC1. The smallest absolute Gasteiger partial charge is 0.336 e. The summed E-state index contributed by atoms with van der Waals surface area (Å²) in [5.74, 6) is -1.94. The fraction of sp³-hybridized carbons (Fsp3) is 0.286. The maximum Gasteiger partial charge on any atom is 0.336 e. The molecule has 0 atom stereocenters. The Balaban J connectivity index is 1.52. The van der Waals surface area contributed by atoms with Gasteiger partial charge >= 0.3 is 5.97 Å². The summed E-state index contributed by atoms with van der Waals surface area (Å²) >= 11 is 0. The van der Waals surface area contributed by atoms with Crippen molar-refractivity contribution in [3.63, 3.8) is 0 Å². The molecule has 0 aliphatic carbocycles. The predicted octanol–water partition coefficient (Wildman–Crippen LogP) is 2.49. The number of nitrogens with zero attached hydrogens (tertiary/aromatic N) is 1. The molecule has 1 aliphatic rings. The number of carbonyl (C=O) groups excluding carboxylic acids is 2. The lowest BCUT2D eigenvalue weighted by Gasteiger charge is -2.32. The van der Waals surface area contributed by atoms with Crippen molar-refractivity contribution in [1.82, 2.24) is 10.2 Å². The van der Waals surface area contributed by atoms with E-state index in [0.29, 0.717) is 25.9 Å². The zero-order chi connectivity index (χ0) is 20.1. The molecule has 0 aromatic heterocycles. The first-order valence-electron chi connectivity index (χ1n) is 9.09. The highest BCUT2D eigenvalue weighted by molar-refractivity contribution is 6.04. The number of aromatic carboxylic acids is 1. The molecule has 2 aromatic carbocycles. The van der Waals surface area contributed by atoms with Crippen LogP contribution >= 0.6 is 0 Å². The third-order valence-electron chi connectivity index (χ3n) is 4.85. The van der Waals surface area contributed by atoms with Gasteiger partial charge in [0.2, 0.25) is 5.91 Å². The number of halogens is 1. The van der Waals surface area contributed by atoms with Gasteiger partial charge in [0, 0.05) is 19.1 Å². The van der Waals surface area contributed by atoms with Crippen LogP contribution in [0.25, 0.3) is 0 Å². The number of piperidine rings is 1. The largest absolute Gasteiger partial charge is 0.478 e. The fourth-order valence-electron chi connectivity index (χ4n) is 3.29. The summed E-state index contributed by atoms with van der Waals surface area (Å²) in [6.07, 6.45) is 1.40. The number of rotatable bonds is 5. The fourth-order valence-corrected chi connectivity index (χ4v) is 3.29. The number of carboxylic acids is 1. The van der Waals surface area contributed by atoms with Crippen LogP contribution in [0.1, 0.15) is 39.1 Å². The highest BCUT2D eigenvalue weighted by Crippen LogP contribution is 2.15. The molecule has 6 nitrogen and oxygen atoms in total. The van der Waals surface area contributed by atoms with Crippen molar-refractivity contribution in [2.24, 2.45) is 0 Å². The van der Waals surface area contributed by atoms with Crippen molar-refractivity contribution < 1.29 is 23.9 Å². The Bertz CT molecular complexity index is 874. The van der Waals surface area contributed by atoms with Gasteiger partial charge in [-0.2, -0.15) is 0 Å². The van der Waals surface area contributed by atoms with Crippen molar-refractivity contribution in [1.29, 1.82) is 0 Å². The van der Waals surface area contributed by atoms with Crippen LogP contribution in [0.4, 0.5) is 4.39 Å². The Morgan fingerprint density at radius 3 is 2.21 bits per heavy atom. The summed E-state index contributed by atoms with van der Waals surface area (Å²) in [7, 11) is 0. The molecule has 0 spiro atoms. The van der Waals surface area contributed by atoms with Crippen molar-refractivity contribution in [3.05, 3.63) is 71.0 Å². The van der Waals surface area contributed by atoms with Gasteiger partial charge in [0.25, 0.3) is 5.91 Å². The van der Waals surface area contributed by atoms with Crippen LogP contribution in [0.5, 0.6) is 0 Å². The van der Waals surface area contributed by atoms with E-state index in [1.165, 1.54) is 24.3 Å². The Hall–Kier alpha value is -3.22. The second-order valence-electron chi connectivity index (χ2n) is 6.78. The molecule has 1 aliphatic heterocycles. The Morgan fingerprint density at radius 2 is 1.61 bits per heavy atom. The summed E-state index contributed by atoms with van der Waals surface area (Å²) in [5.41, 5.74) is 0.851. The van der Waals surface area contributed by atoms with E-state index in [9.17, 15) is 23.9 Å². The lowest BCUT2D eigenvalue weighted by atomic mass is 10.0. The minimum atomic E-state index is -1.15. The Morgan fingerprint density at radius 1 is 1.00 bits per heavy atom. The van der Waals surface area contributed by atoms with Gasteiger partial charge in [-0.1, -0.05) is 24.3 Å². The van der Waals surface area contributed by atoms with E-state index < -0.39 is 11.9 Å². The van der Waals surface area contributed by atoms with E-state index in [1.54, 1.807) is 29.2 Å². The highest BCUT2D eigenvalue weighted by Gasteiger charge is 2.25. The van der Waals surface area contributed by atoms with Crippen LogP contribution in [0.2, 0.25) is 0 Å². The molecule has 0 bridgehead atoms. The first-order chi connectivity index (χ1) is 13.4. The molecule has 2 amide bonds. The number of amides is 2. The molecule has 2 N–H and O–H groups in total. The minimum absolute atomic E-state index is 0.0346. The van der Waals surface area contributed by atoms with E-state index in [1.807, 2.05) is 0 Å². The molecule has 1 fully saturated rings. The van der Waals surface area contributed by atoms with Gasteiger partial charge in [0.1, 0.15) is 5.82 Å². The second-order valence-corrected chi connectivity index (χ2v) is 6.78. The van der Waals surface area contributed by atoms with Crippen LogP contribution in [0, 0.1) is 5.82 Å². The lowest BCUT2D eigenvalue weighted by molar-refractivity contribution is -0.131. The average Bonchev–Trinajstić information content (AvgIpc) is 2.70. The topological polar surface area (TPSA) is 86.7 Å². The molecular formula is C21H21FN2O4. The van der Waals surface area contributed by atoms with E-state index in [4.69, 9.17) is 0 Å². The second kappa shape index (κ2) is 8.65. The van der Waals surface area contributed by atoms with Gasteiger partial charge in [-0.3, -0.25) is 9.59 Å². The van der Waals surface area contributed by atoms with Crippen molar-refractivity contribution in [2.75, 3.05) is 13.1 Å². The number of hydrogen-bond acceptors (Lipinski definition) is 3. The maximum atomic E-state index is 13.0. The van der Waals surface area contributed by atoms with Crippen molar-refractivity contribution in [3.8, 4) is 0 Å². The third kappa shape index (κ3) is 4.73. The van der Waals surface area contributed by atoms with Crippen molar-refractivity contribution >= 4 is 17.8 Å². The van der Waals surface area contributed by atoms with E-state index in [0.717, 1.165) is 5.56 Å². The van der Waals surface area contributed by atoms with Gasteiger partial charge in [-0.15, -0.1) is 0 Å². The predicted molar refractivity (Wildman–Crippen MR) is 101 cm³/mol. The quantitative estimate of drug-likeness (QED) is 0.829. The van der Waals surface area contributed by atoms with E-state index >= 15 is 0 Å². The van der Waals surface area contributed by atoms with E-state index in [2.05, 4.69) is 5.32 Å². The molecule has 0 unspecified atom stereocenters. The summed E-state index contributed by atoms with van der Waals surface area (Å²) in [4.78, 5) is 37.8. The van der Waals surface area contributed by atoms with Gasteiger partial charge in [0.05, 0.1) is 17.5 Å². The first-order valence-corrected chi connectivity index (χ1v) is 9.09. The lowest BCUT2D eigenvalue weighted by Crippen LogP contribution is -2.47. The first kappa shape index (κ1) is 19.5. The van der Waals surface area contributed by atoms with Gasteiger partial charge in [-0.05, 0) is 42.7 Å². The number of likely N-dealkylation sites (tertiary alicyclic amines) is 1. The summed E-state index contributed by atoms with van der Waals surface area (Å²) in [5, 5.41) is 12.1. The number of carboxylic acid groups (broad SMARTS) is 1. The standard InChI is InChI=1S/C21H21FN2O4/c22-15-7-5-14(6-8-15)13-19(25)24-11-9-16(10-12-24)23-20(26)17-3-1-2-4-18(17)21(27)28/h1-8,16H,9-13H2,(H,23,26)(H,27,28). The van der Waals surface area contributed by atoms with Gasteiger partial charge in [0.15, 0.2) is 0 Å². The molecule has 1 saturated heterocycles. The zero-order valence-corrected chi connectivity index (χ0v) is 15.2. The molecule has 7 heteroatoms. The van der Waals surface area contributed by atoms with Gasteiger partial charge in [-0.25, -0.2) is 9.18 Å². The molecule has 3 rings (SSSR count). The number of carbonyl (C=O) groups is 3. The van der Waals surface area contributed by atoms with Crippen LogP contribution in [-0.4, -0.2) is 46.9 Å². The minimum Gasteiger partial charge on any atom is -0.478 e. The maximum absolute atomic E-state index is 13.0. The number of benzene rings is 2. The van der Waals surface area contributed by atoms with Crippen LogP contribution in [0.15, 0.2) is 48.5 Å². The van der Waals surface area contributed by atoms with Gasteiger partial charge < -0.3 is 15.3 Å². The average molecular weight is 384 g/mol. The molecule has 28 heavy (non-hydrogen) atoms. The van der Waals surface area contributed by atoms with Crippen molar-refractivity contribution in [2.45, 2.75) is 25.3 Å². The number of hydrogen-bond donors (Lipinski definition) is 2. The third-order valence-corrected chi connectivity index (χ3v) is 4.85. The summed E-state index contributed by atoms with van der Waals surface area (Å²) < 4.78 is 13.0. The normalized spacial score (nSPS) is 14.5. The Labute approximate surface area is 162 Å². The van der Waals surface area contributed by atoms with E-state index in [-0.39, 0.29) is 35.3 Å². The van der Waals surface area contributed by atoms with Crippen LogP contribution < -0.4 is 5.32 Å². The molecule has 2 aromatic rings. The summed E-state index contributed by atoms with van der Waals surface area (Å²) in [6.45, 7) is 1.01. The monoisotopic (exact) mass is 384 g/mol. The number of nitrogens with one attached hydrogen (secondary N) is 1. The summed E-state index contributed by atoms with van der Waals surface area (Å²) in [6, 6.07) is 11.8. The molecular weight excluding hydrogens is 363 g/mol. The molecule has 0 saturated carbocycles. The zero-order valence-electron chi connectivity index (χ0n) is 15.2. The molecule has 0 radical (unpaired) electrons.